The first kappa shape index (κ1) is 11.7. The number of anilines is 1. The molecule has 0 saturated carbocycles. The Balaban J connectivity index is 1.88. The van der Waals surface area contributed by atoms with E-state index in [0.717, 1.165) is 41.0 Å². The zero-order valence-corrected chi connectivity index (χ0v) is 11.7. The number of hydrogen-bond donors (Lipinski definition) is 2. The number of nitrogens with zero attached hydrogens (tertiary/aromatic N) is 1. The van der Waals surface area contributed by atoms with Gasteiger partial charge in [0.15, 0.2) is 0 Å². The molecule has 1 aliphatic carbocycles. The van der Waals surface area contributed by atoms with Gasteiger partial charge in [-0.05, 0) is 56.4 Å². The Morgan fingerprint density at radius 1 is 1.30 bits per heavy atom. The van der Waals surface area contributed by atoms with Gasteiger partial charge in [-0.1, -0.05) is 6.08 Å². The van der Waals surface area contributed by atoms with Crippen molar-refractivity contribution < 1.29 is 4.79 Å². The van der Waals surface area contributed by atoms with E-state index in [-0.39, 0.29) is 5.91 Å². The zero-order chi connectivity index (χ0) is 13.9. The van der Waals surface area contributed by atoms with Gasteiger partial charge in [0.1, 0.15) is 5.82 Å². The maximum Gasteiger partial charge on any atom is 0.234 e. The highest BCUT2D eigenvalue weighted by molar-refractivity contribution is 6.07. The lowest BCUT2D eigenvalue weighted by atomic mass is 9.86. The molecule has 2 N–H and O–H groups in total. The van der Waals surface area contributed by atoms with Crippen LogP contribution < -0.4 is 5.32 Å². The minimum atomic E-state index is -0.477. The quantitative estimate of drug-likeness (QED) is 0.832. The van der Waals surface area contributed by atoms with E-state index in [4.69, 9.17) is 4.98 Å². The predicted molar refractivity (Wildman–Crippen MR) is 79.6 cm³/mol. The molecule has 0 radical (unpaired) electrons. The molecule has 0 unspecified atom stereocenters. The van der Waals surface area contributed by atoms with E-state index in [1.54, 1.807) is 0 Å². The predicted octanol–water partition coefficient (Wildman–Crippen LogP) is 3.36. The van der Waals surface area contributed by atoms with Gasteiger partial charge in [0.25, 0.3) is 0 Å². The molecule has 0 fully saturated rings. The minimum Gasteiger partial charge on any atom is -0.338 e. The van der Waals surface area contributed by atoms with Gasteiger partial charge in [0.2, 0.25) is 5.91 Å². The van der Waals surface area contributed by atoms with Gasteiger partial charge in [-0.25, -0.2) is 4.98 Å². The maximum atomic E-state index is 12.0. The summed E-state index contributed by atoms with van der Waals surface area (Å²) in [6.07, 6.45) is 5.72. The molecular weight excluding hydrogens is 250 g/mol. The second-order valence-corrected chi connectivity index (χ2v) is 6.20. The van der Waals surface area contributed by atoms with Crippen molar-refractivity contribution in [3.63, 3.8) is 0 Å². The molecule has 4 heteroatoms. The Morgan fingerprint density at radius 3 is 2.90 bits per heavy atom. The number of hydrogen-bond acceptors (Lipinski definition) is 2. The highest BCUT2D eigenvalue weighted by atomic mass is 16.2. The summed E-state index contributed by atoms with van der Waals surface area (Å²) in [5, 5.41) is 2.96. The summed E-state index contributed by atoms with van der Waals surface area (Å²) in [5.74, 6) is 1.03. The number of H-pyrrole nitrogens is 1. The largest absolute Gasteiger partial charge is 0.338 e. The number of fused-ring (bicyclic) bond motifs is 2. The average Bonchev–Trinajstić information content (AvgIpc) is 3.08. The summed E-state index contributed by atoms with van der Waals surface area (Å²) in [6, 6.07) is 4.04. The molecule has 1 aromatic carbocycles. The SMILES string of the molecule is CC1(C)C(=O)Nc2cc3[nH]c(C4=CCCC4)nc3cc21. The van der Waals surface area contributed by atoms with Crippen LogP contribution in [0, 0.1) is 0 Å². The van der Waals surface area contributed by atoms with E-state index >= 15 is 0 Å². The number of amides is 1. The van der Waals surface area contributed by atoms with Crippen molar-refractivity contribution in [3.8, 4) is 0 Å². The van der Waals surface area contributed by atoms with E-state index in [2.05, 4.69) is 16.4 Å². The van der Waals surface area contributed by atoms with Crippen LogP contribution in [0.15, 0.2) is 18.2 Å². The number of rotatable bonds is 1. The van der Waals surface area contributed by atoms with Crippen LogP contribution >= 0.6 is 0 Å². The zero-order valence-electron chi connectivity index (χ0n) is 11.7. The van der Waals surface area contributed by atoms with Gasteiger partial charge in [0, 0.05) is 5.69 Å². The van der Waals surface area contributed by atoms with Crippen molar-refractivity contribution >= 4 is 28.2 Å². The Kier molecular flexibility index (Phi) is 2.18. The Hall–Kier alpha value is -2.10. The summed E-state index contributed by atoms with van der Waals surface area (Å²) in [4.78, 5) is 20.1. The third-order valence-corrected chi connectivity index (χ3v) is 4.46. The molecule has 0 saturated heterocycles. The van der Waals surface area contributed by atoms with Gasteiger partial charge in [-0.3, -0.25) is 4.79 Å². The van der Waals surface area contributed by atoms with Gasteiger partial charge in [-0.15, -0.1) is 0 Å². The van der Waals surface area contributed by atoms with Gasteiger partial charge in [-0.2, -0.15) is 0 Å². The van der Waals surface area contributed by atoms with Crippen molar-refractivity contribution in [1.82, 2.24) is 9.97 Å². The topological polar surface area (TPSA) is 57.8 Å². The summed E-state index contributed by atoms with van der Waals surface area (Å²) in [6.45, 7) is 3.90. The lowest BCUT2D eigenvalue weighted by Gasteiger charge is -2.14. The fraction of sp³-hybridized carbons (Fsp3) is 0.375. The van der Waals surface area contributed by atoms with Crippen LogP contribution in [0.4, 0.5) is 5.69 Å². The number of benzene rings is 1. The van der Waals surface area contributed by atoms with Crippen molar-refractivity contribution in [1.29, 1.82) is 0 Å². The van der Waals surface area contributed by atoms with Gasteiger partial charge >= 0.3 is 0 Å². The fourth-order valence-corrected chi connectivity index (χ4v) is 3.12. The number of carbonyl (C=O) groups is 1. The van der Waals surface area contributed by atoms with E-state index in [9.17, 15) is 4.79 Å². The summed E-state index contributed by atoms with van der Waals surface area (Å²) >= 11 is 0. The van der Waals surface area contributed by atoms with Gasteiger partial charge in [0.05, 0.1) is 16.4 Å². The molecule has 0 spiro atoms. The van der Waals surface area contributed by atoms with E-state index in [0.29, 0.717) is 0 Å². The minimum absolute atomic E-state index is 0.0545. The Bertz CT molecular complexity index is 767. The van der Waals surface area contributed by atoms with Crippen LogP contribution in [0.2, 0.25) is 0 Å². The lowest BCUT2D eigenvalue weighted by molar-refractivity contribution is -0.119. The second kappa shape index (κ2) is 3.72. The van der Waals surface area contributed by atoms with Crippen LogP contribution in [0.5, 0.6) is 0 Å². The highest BCUT2D eigenvalue weighted by Gasteiger charge is 2.38. The highest BCUT2D eigenvalue weighted by Crippen LogP contribution is 2.39. The molecule has 0 bridgehead atoms. The molecule has 1 aromatic heterocycles. The monoisotopic (exact) mass is 267 g/mol. The molecule has 102 valence electrons. The third kappa shape index (κ3) is 1.48. The third-order valence-electron chi connectivity index (χ3n) is 4.46. The number of allylic oxidation sites excluding steroid dienone is 2. The molecular formula is C16H17N3O. The maximum absolute atomic E-state index is 12.0. The molecule has 1 aliphatic heterocycles. The Morgan fingerprint density at radius 2 is 2.15 bits per heavy atom. The van der Waals surface area contributed by atoms with Crippen molar-refractivity contribution in [2.45, 2.75) is 38.5 Å². The first-order valence-corrected chi connectivity index (χ1v) is 7.11. The second-order valence-electron chi connectivity index (χ2n) is 6.20. The van der Waals surface area contributed by atoms with E-state index < -0.39 is 5.41 Å². The number of carbonyl (C=O) groups excluding carboxylic acids is 1. The molecule has 4 nitrogen and oxygen atoms in total. The number of imidazole rings is 1. The summed E-state index contributed by atoms with van der Waals surface area (Å²) < 4.78 is 0. The molecule has 0 atom stereocenters. The summed E-state index contributed by atoms with van der Waals surface area (Å²) in [7, 11) is 0. The Labute approximate surface area is 117 Å². The van der Waals surface area contributed by atoms with Crippen molar-refractivity contribution in [2.75, 3.05) is 5.32 Å². The average molecular weight is 267 g/mol. The lowest BCUT2D eigenvalue weighted by Crippen LogP contribution is -2.26. The van der Waals surface area contributed by atoms with Crippen molar-refractivity contribution in [2.24, 2.45) is 0 Å². The summed E-state index contributed by atoms with van der Waals surface area (Å²) in [5.41, 5.74) is 4.71. The van der Waals surface area contributed by atoms with Crippen LogP contribution in [0.25, 0.3) is 16.6 Å². The van der Waals surface area contributed by atoms with E-state index in [1.165, 1.54) is 12.0 Å². The van der Waals surface area contributed by atoms with Crippen LogP contribution in [0.1, 0.15) is 44.5 Å². The van der Waals surface area contributed by atoms with Gasteiger partial charge < -0.3 is 10.3 Å². The number of aromatic amines is 1. The molecule has 20 heavy (non-hydrogen) atoms. The number of nitrogens with one attached hydrogen (secondary N) is 2. The first-order valence-electron chi connectivity index (χ1n) is 7.11. The smallest absolute Gasteiger partial charge is 0.234 e. The van der Waals surface area contributed by atoms with E-state index in [1.807, 2.05) is 26.0 Å². The molecule has 2 aromatic rings. The molecule has 2 aliphatic rings. The van der Waals surface area contributed by atoms with Crippen LogP contribution in [-0.2, 0) is 10.2 Å². The molecule has 2 heterocycles. The first-order chi connectivity index (χ1) is 9.55. The fourth-order valence-electron chi connectivity index (χ4n) is 3.12. The standard InChI is InChI=1S/C16H17N3O/c1-16(2)10-7-12-13(8-11(10)19-15(16)20)18-14(17-12)9-5-3-4-6-9/h5,7-8H,3-4,6H2,1-2H3,(H,17,18)(H,19,20). The normalized spacial score (nSPS) is 20.1. The van der Waals surface area contributed by atoms with Crippen LogP contribution in [-0.4, -0.2) is 15.9 Å². The van der Waals surface area contributed by atoms with Crippen molar-refractivity contribution in [3.05, 3.63) is 29.6 Å². The number of aromatic nitrogens is 2. The molecule has 1 amide bonds. The molecule has 4 rings (SSSR count). The van der Waals surface area contributed by atoms with Crippen LogP contribution in [0.3, 0.4) is 0 Å².